The van der Waals surface area contributed by atoms with Gasteiger partial charge in [0.15, 0.2) is 0 Å². The molecule has 1 aliphatic heterocycles. The number of carbonyl (C=O) groups is 2. The molecule has 8 nitrogen and oxygen atoms in total. The number of rotatable bonds is 6. The lowest BCUT2D eigenvalue weighted by atomic mass is 9.89. The van der Waals surface area contributed by atoms with Crippen LogP contribution in [0.3, 0.4) is 0 Å². The maximum absolute atomic E-state index is 12.3. The minimum absolute atomic E-state index is 0.172. The van der Waals surface area contributed by atoms with Crippen LogP contribution in [0.25, 0.3) is 0 Å². The minimum atomic E-state index is -1.20. The second kappa shape index (κ2) is 7.16. The summed E-state index contributed by atoms with van der Waals surface area (Å²) in [5.74, 6) is -0.797. The molecule has 3 rings (SSSR count). The monoisotopic (exact) mass is 342 g/mol. The highest BCUT2D eigenvalue weighted by Crippen LogP contribution is 2.29. The van der Waals surface area contributed by atoms with Crippen molar-refractivity contribution in [3.05, 3.63) is 53.9 Å². The van der Waals surface area contributed by atoms with Crippen molar-refractivity contribution in [3.8, 4) is 0 Å². The van der Waals surface area contributed by atoms with Crippen molar-refractivity contribution >= 4 is 17.6 Å². The molecule has 1 atom stereocenters. The number of hydrogen-bond donors (Lipinski definition) is 2. The Kier molecular flexibility index (Phi) is 4.78. The van der Waals surface area contributed by atoms with Crippen LogP contribution in [-0.2, 0) is 20.8 Å². The molecule has 0 saturated heterocycles. The fourth-order valence-corrected chi connectivity index (χ4v) is 2.69. The summed E-state index contributed by atoms with van der Waals surface area (Å²) >= 11 is 0. The van der Waals surface area contributed by atoms with Crippen molar-refractivity contribution in [3.63, 3.8) is 0 Å². The molecule has 1 aromatic carbocycles. The summed E-state index contributed by atoms with van der Waals surface area (Å²) < 4.78 is 4.90. The van der Waals surface area contributed by atoms with Crippen LogP contribution in [0.1, 0.15) is 22.5 Å². The number of esters is 1. The number of nitrogens with zero attached hydrogens (tertiary/aromatic N) is 2. The number of aromatic nitrogens is 2. The molecule has 2 N–H and O–H groups in total. The van der Waals surface area contributed by atoms with Crippen molar-refractivity contribution in [2.24, 2.45) is 5.16 Å². The largest absolute Gasteiger partial charge is 0.466 e. The highest BCUT2D eigenvalue weighted by atomic mass is 16.7. The zero-order valence-electron chi connectivity index (χ0n) is 13.7. The molecule has 25 heavy (non-hydrogen) atoms. The Bertz CT molecular complexity index is 773. The molecule has 2 aromatic rings. The molecule has 1 unspecified atom stereocenters. The Morgan fingerprint density at radius 2 is 2.12 bits per heavy atom. The van der Waals surface area contributed by atoms with Gasteiger partial charge in [-0.1, -0.05) is 35.5 Å². The van der Waals surface area contributed by atoms with Gasteiger partial charge >= 0.3 is 5.97 Å². The molecule has 0 radical (unpaired) electrons. The first-order chi connectivity index (χ1) is 12.1. The van der Waals surface area contributed by atoms with Gasteiger partial charge in [0.05, 0.1) is 19.4 Å². The molecular formula is C17H18N4O4. The SMILES string of the molecule is COC(=O)C1(Cc2ccccc2)CC(CNC(=O)c2ccn[nH]2)=NO1. The van der Waals surface area contributed by atoms with E-state index in [1.165, 1.54) is 13.3 Å². The third kappa shape index (κ3) is 3.68. The van der Waals surface area contributed by atoms with Crippen molar-refractivity contribution < 1.29 is 19.2 Å². The van der Waals surface area contributed by atoms with Crippen LogP contribution in [-0.4, -0.2) is 47.0 Å². The number of hydrogen-bond acceptors (Lipinski definition) is 6. The number of carbonyl (C=O) groups excluding carboxylic acids is 2. The molecule has 2 heterocycles. The number of H-pyrrole nitrogens is 1. The standard InChI is InChI=1S/C17H18N4O4/c1-24-16(23)17(9-12-5-3-2-4-6-12)10-13(21-25-17)11-18-15(22)14-7-8-19-20-14/h2-8H,9-11H2,1H3,(H,18,22)(H,19,20). The molecule has 0 fully saturated rings. The Balaban J connectivity index is 1.65. The normalized spacial score (nSPS) is 19.0. The van der Waals surface area contributed by atoms with Gasteiger partial charge in [0.25, 0.3) is 5.91 Å². The van der Waals surface area contributed by atoms with Crippen molar-refractivity contribution in [2.75, 3.05) is 13.7 Å². The van der Waals surface area contributed by atoms with Crippen LogP contribution in [0.4, 0.5) is 0 Å². The Labute approximate surface area is 144 Å². The van der Waals surface area contributed by atoms with Gasteiger partial charge in [-0.2, -0.15) is 5.10 Å². The van der Waals surface area contributed by atoms with E-state index in [-0.39, 0.29) is 18.9 Å². The Morgan fingerprint density at radius 1 is 1.32 bits per heavy atom. The molecule has 1 aromatic heterocycles. The molecule has 1 amide bonds. The van der Waals surface area contributed by atoms with Gasteiger partial charge < -0.3 is 14.9 Å². The number of aromatic amines is 1. The number of methoxy groups -OCH3 is 1. The summed E-state index contributed by atoms with van der Waals surface area (Å²) in [7, 11) is 1.32. The zero-order chi connectivity index (χ0) is 17.7. The number of nitrogens with one attached hydrogen (secondary N) is 2. The molecule has 0 bridgehead atoms. The summed E-state index contributed by atoms with van der Waals surface area (Å²) in [6.45, 7) is 0.172. The van der Waals surface area contributed by atoms with E-state index >= 15 is 0 Å². The first kappa shape index (κ1) is 16.7. The van der Waals surface area contributed by atoms with Crippen molar-refractivity contribution in [2.45, 2.75) is 18.4 Å². The summed E-state index contributed by atoms with van der Waals surface area (Å²) in [4.78, 5) is 29.7. The second-order valence-corrected chi connectivity index (χ2v) is 5.73. The summed E-state index contributed by atoms with van der Waals surface area (Å²) in [5.41, 5.74) is 0.646. The number of amides is 1. The van der Waals surface area contributed by atoms with Crippen LogP contribution < -0.4 is 5.32 Å². The molecule has 0 saturated carbocycles. The maximum atomic E-state index is 12.3. The van der Waals surface area contributed by atoms with Gasteiger partial charge in [-0.25, -0.2) is 4.79 Å². The first-order valence-corrected chi connectivity index (χ1v) is 7.77. The second-order valence-electron chi connectivity index (χ2n) is 5.73. The third-order valence-electron chi connectivity index (χ3n) is 3.93. The zero-order valence-corrected chi connectivity index (χ0v) is 13.7. The third-order valence-corrected chi connectivity index (χ3v) is 3.93. The van der Waals surface area contributed by atoms with Gasteiger partial charge in [-0.3, -0.25) is 9.89 Å². The van der Waals surface area contributed by atoms with Crippen LogP contribution in [0.5, 0.6) is 0 Å². The molecule has 1 aliphatic rings. The average Bonchev–Trinajstić information content (AvgIpc) is 3.31. The van der Waals surface area contributed by atoms with Crippen molar-refractivity contribution in [1.29, 1.82) is 0 Å². The van der Waals surface area contributed by atoms with Crippen LogP contribution in [0.2, 0.25) is 0 Å². The fourth-order valence-electron chi connectivity index (χ4n) is 2.69. The van der Waals surface area contributed by atoms with Gasteiger partial charge in [0.2, 0.25) is 5.60 Å². The number of oxime groups is 1. The molecular weight excluding hydrogens is 324 g/mol. The van der Waals surface area contributed by atoms with E-state index in [0.29, 0.717) is 17.8 Å². The summed E-state index contributed by atoms with van der Waals surface area (Å²) in [5, 5.41) is 13.0. The van der Waals surface area contributed by atoms with E-state index < -0.39 is 11.6 Å². The molecule has 8 heteroatoms. The van der Waals surface area contributed by atoms with Gasteiger partial charge in [0.1, 0.15) is 5.69 Å². The number of benzene rings is 1. The Morgan fingerprint density at radius 3 is 2.80 bits per heavy atom. The lowest BCUT2D eigenvalue weighted by molar-refractivity contribution is -0.166. The van der Waals surface area contributed by atoms with Crippen molar-refractivity contribution in [1.82, 2.24) is 15.5 Å². The predicted octanol–water partition coefficient (Wildman–Crippen LogP) is 1.07. The maximum Gasteiger partial charge on any atom is 0.353 e. The summed E-state index contributed by atoms with van der Waals surface area (Å²) in [6, 6.07) is 11.1. The van der Waals surface area contributed by atoms with E-state index in [4.69, 9.17) is 9.57 Å². The van der Waals surface area contributed by atoms with E-state index in [9.17, 15) is 9.59 Å². The lowest BCUT2D eigenvalue weighted by Gasteiger charge is -2.23. The topological polar surface area (TPSA) is 106 Å². The van der Waals surface area contributed by atoms with Gasteiger partial charge in [0, 0.05) is 19.0 Å². The van der Waals surface area contributed by atoms with Crippen LogP contribution in [0.15, 0.2) is 47.8 Å². The van der Waals surface area contributed by atoms with Crippen LogP contribution in [0, 0.1) is 0 Å². The van der Waals surface area contributed by atoms with E-state index in [0.717, 1.165) is 5.56 Å². The number of ether oxygens (including phenoxy) is 1. The highest BCUT2D eigenvalue weighted by Gasteiger charge is 2.47. The highest BCUT2D eigenvalue weighted by molar-refractivity contribution is 5.99. The van der Waals surface area contributed by atoms with Crippen LogP contribution >= 0.6 is 0 Å². The van der Waals surface area contributed by atoms with E-state index in [1.807, 2.05) is 30.3 Å². The van der Waals surface area contributed by atoms with Gasteiger partial charge in [-0.15, -0.1) is 0 Å². The molecule has 0 aliphatic carbocycles. The first-order valence-electron chi connectivity index (χ1n) is 7.77. The quantitative estimate of drug-likeness (QED) is 0.764. The fraction of sp³-hybridized carbons (Fsp3) is 0.294. The van der Waals surface area contributed by atoms with E-state index in [1.54, 1.807) is 6.07 Å². The smallest absolute Gasteiger partial charge is 0.353 e. The molecule has 130 valence electrons. The minimum Gasteiger partial charge on any atom is -0.466 e. The Hall–Kier alpha value is -3.16. The molecule has 0 spiro atoms. The average molecular weight is 342 g/mol. The lowest BCUT2D eigenvalue weighted by Crippen LogP contribution is -2.43. The summed E-state index contributed by atoms with van der Waals surface area (Å²) in [6.07, 6.45) is 2.08. The van der Waals surface area contributed by atoms with E-state index in [2.05, 4.69) is 20.7 Å². The predicted molar refractivity (Wildman–Crippen MR) is 89.0 cm³/mol. The van der Waals surface area contributed by atoms with Gasteiger partial charge in [-0.05, 0) is 11.6 Å².